The molecule has 1 saturated carbocycles. The Bertz CT molecular complexity index is 318. The minimum atomic E-state index is 1.01. The summed E-state index contributed by atoms with van der Waals surface area (Å²) in [6, 6.07) is 6.43. The van der Waals surface area contributed by atoms with E-state index in [1.807, 2.05) is 0 Å². The van der Waals surface area contributed by atoms with Crippen LogP contribution in [0.3, 0.4) is 0 Å². The van der Waals surface area contributed by atoms with Crippen LogP contribution in [0.1, 0.15) is 24.8 Å². The Morgan fingerprint density at radius 1 is 1.43 bits per heavy atom. The lowest BCUT2D eigenvalue weighted by atomic mass is 10.2. The van der Waals surface area contributed by atoms with Crippen LogP contribution in [0.4, 0.5) is 5.69 Å². The molecular formula is C12H16BrN. The van der Waals surface area contributed by atoms with Crippen molar-refractivity contribution in [2.24, 2.45) is 5.92 Å². The molecule has 1 fully saturated rings. The van der Waals surface area contributed by atoms with Crippen LogP contribution in [-0.2, 0) is 0 Å². The average Bonchev–Trinajstić information content (AvgIpc) is 2.95. The molecule has 0 atom stereocenters. The standard InChI is InChI=1S/C12H16BrN/c1-9-8-11(4-5-12(9)13)14-7-6-10-2-3-10/h4-5,8,10,14H,2-3,6-7H2,1H3. The first-order valence-electron chi connectivity index (χ1n) is 5.26. The van der Waals surface area contributed by atoms with Gasteiger partial charge in [0.05, 0.1) is 0 Å². The second-order valence-electron chi connectivity index (χ2n) is 4.12. The highest BCUT2D eigenvalue weighted by atomic mass is 79.9. The Kier molecular flexibility index (Phi) is 3.12. The van der Waals surface area contributed by atoms with E-state index >= 15 is 0 Å². The summed E-state index contributed by atoms with van der Waals surface area (Å²) in [5.74, 6) is 1.01. The molecule has 2 rings (SSSR count). The second kappa shape index (κ2) is 4.35. The molecule has 0 aromatic heterocycles. The lowest BCUT2D eigenvalue weighted by Crippen LogP contribution is -2.02. The van der Waals surface area contributed by atoms with Crippen LogP contribution in [0.5, 0.6) is 0 Å². The number of hydrogen-bond acceptors (Lipinski definition) is 1. The van der Waals surface area contributed by atoms with E-state index in [2.05, 4.69) is 46.4 Å². The van der Waals surface area contributed by atoms with Crippen LogP contribution in [0.15, 0.2) is 22.7 Å². The Morgan fingerprint density at radius 3 is 2.86 bits per heavy atom. The summed E-state index contributed by atoms with van der Waals surface area (Å²) in [5.41, 5.74) is 2.53. The molecule has 0 heterocycles. The smallest absolute Gasteiger partial charge is 0.0343 e. The van der Waals surface area contributed by atoms with Crippen LogP contribution < -0.4 is 5.32 Å². The van der Waals surface area contributed by atoms with Gasteiger partial charge < -0.3 is 5.32 Å². The van der Waals surface area contributed by atoms with Crippen LogP contribution in [-0.4, -0.2) is 6.54 Å². The molecule has 1 aromatic rings. The Hall–Kier alpha value is -0.500. The van der Waals surface area contributed by atoms with Crippen molar-refractivity contribution in [2.75, 3.05) is 11.9 Å². The molecule has 0 amide bonds. The maximum atomic E-state index is 3.50. The number of rotatable bonds is 4. The van der Waals surface area contributed by atoms with Gasteiger partial charge in [0.25, 0.3) is 0 Å². The second-order valence-corrected chi connectivity index (χ2v) is 4.98. The number of hydrogen-bond donors (Lipinski definition) is 1. The highest BCUT2D eigenvalue weighted by Crippen LogP contribution is 2.32. The van der Waals surface area contributed by atoms with Crippen LogP contribution in [0.25, 0.3) is 0 Å². The summed E-state index contributed by atoms with van der Waals surface area (Å²) in [7, 11) is 0. The zero-order valence-electron chi connectivity index (χ0n) is 8.52. The van der Waals surface area contributed by atoms with Gasteiger partial charge in [-0.3, -0.25) is 0 Å². The Labute approximate surface area is 94.0 Å². The van der Waals surface area contributed by atoms with E-state index in [1.165, 1.54) is 35.0 Å². The van der Waals surface area contributed by atoms with Crippen molar-refractivity contribution < 1.29 is 0 Å². The van der Waals surface area contributed by atoms with Gasteiger partial charge in [-0.2, -0.15) is 0 Å². The van der Waals surface area contributed by atoms with Crippen molar-refractivity contribution in [2.45, 2.75) is 26.2 Å². The fourth-order valence-corrected chi connectivity index (χ4v) is 1.83. The number of nitrogens with one attached hydrogen (secondary N) is 1. The van der Waals surface area contributed by atoms with E-state index in [-0.39, 0.29) is 0 Å². The largest absolute Gasteiger partial charge is 0.385 e. The zero-order valence-corrected chi connectivity index (χ0v) is 10.1. The summed E-state index contributed by atoms with van der Waals surface area (Å²) in [6.07, 6.45) is 4.22. The lowest BCUT2D eigenvalue weighted by Gasteiger charge is -2.07. The van der Waals surface area contributed by atoms with Gasteiger partial charge in [-0.15, -0.1) is 0 Å². The van der Waals surface area contributed by atoms with E-state index in [1.54, 1.807) is 0 Å². The average molecular weight is 254 g/mol. The van der Waals surface area contributed by atoms with E-state index in [4.69, 9.17) is 0 Å². The molecule has 0 aliphatic heterocycles. The fraction of sp³-hybridized carbons (Fsp3) is 0.500. The summed E-state index contributed by atoms with van der Waals surface area (Å²) in [4.78, 5) is 0. The first kappa shape index (κ1) is 10.0. The van der Waals surface area contributed by atoms with Crippen molar-refractivity contribution in [3.8, 4) is 0 Å². The van der Waals surface area contributed by atoms with Crippen molar-refractivity contribution in [1.82, 2.24) is 0 Å². The molecular weight excluding hydrogens is 238 g/mol. The SMILES string of the molecule is Cc1cc(NCCC2CC2)ccc1Br. The number of benzene rings is 1. The summed E-state index contributed by atoms with van der Waals surface area (Å²) >= 11 is 3.50. The quantitative estimate of drug-likeness (QED) is 0.857. The molecule has 0 spiro atoms. The minimum absolute atomic E-state index is 1.01. The number of aryl methyl sites for hydroxylation is 1. The van der Waals surface area contributed by atoms with E-state index in [9.17, 15) is 0 Å². The molecule has 1 aliphatic rings. The molecule has 2 heteroatoms. The van der Waals surface area contributed by atoms with E-state index in [0.29, 0.717) is 0 Å². The third-order valence-electron chi connectivity index (χ3n) is 2.74. The molecule has 1 aliphatic carbocycles. The molecule has 1 N–H and O–H groups in total. The van der Waals surface area contributed by atoms with Gasteiger partial charge in [0.1, 0.15) is 0 Å². The third kappa shape index (κ3) is 2.74. The topological polar surface area (TPSA) is 12.0 Å². The molecule has 0 saturated heterocycles. The number of anilines is 1. The van der Waals surface area contributed by atoms with Crippen molar-refractivity contribution >= 4 is 21.6 Å². The maximum Gasteiger partial charge on any atom is 0.0343 e. The van der Waals surface area contributed by atoms with Crippen molar-refractivity contribution in [3.63, 3.8) is 0 Å². The molecule has 14 heavy (non-hydrogen) atoms. The van der Waals surface area contributed by atoms with Crippen LogP contribution >= 0.6 is 15.9 Å². The Morgan fingerprint density at radius 2 is 2.21 bits per heavy atom. The van der Waals surface area contributed by atoms with Crippen molar-refractivity contribution in [1.29, 1.82) is 0 Å². The summed E-state index contributed by atoms with van der Waals surface area (Å²) in [6.45, 7) is 3.24. The van der Waals surface area contributed by atoms with Gasteiger partial charge in [-0.1, -0.05) is 28.8 Å². The highest BCUT2D eigenvalue weighted by molar-refractivity contribution is 9.10. The monoisotopic (exact) mass is 253 g/mol. The summed E-state index contributed by atoms with van der Waals surface area (Å²) in [5, 5.41) is 3.46. The zero-order chi connectivity index (χ0) is 9.97. The molecule has 1 nitrogen and oxygen atoms in total. The first-order chi connectivity index (χ1) is 6.75. The van der Waals surface area contributed by atoms with Gasteiger partial charge in [0.15, 0.2) is 0 Å². The normalized spacial score (nSPS) is 15.6. The Balaban J connectivity index is 1.85. The van der Waals surface area contributed by atoms with Gasteiger partial charge >= 0.3 is 0 Å². The molecule has 0 bridgehead atoms. The first-order valence-corrected chi connectivity index (χ1v) is 6.05. The lowest BCUT2D eigenvalue weighted by molar-refractivity contribution is 0.760. The van der Waals surface area contributed by atoms with E-state index < -0.39 is 0 Å². The van der Waals surface area contributed by atoms with Crippen LogP contribution in [0, 0.1) is 12.8 Å². The molecule has 76 valence electrons. The van der Waals surface area contributed by atoms with Gasteiger partial charge in [0.2, 0.25) is 0 Å². The van der Waals surface area contributed by atoms with Gasteiger partial charge in [-0.25, -0.2) is 0 Å². The highest BCUT2D eigenvalue weighted by Gasteiger charge is 2.19. The summed E-state index contributed by atoms with van der Waals surface area (Å²) < 4.78 is 1.19. The fourth-order valence-electron chi connectivity index (χ4n) is 1.58. The minimum Gasteiger partial charge on any atom is -0.385 e. The molecule has 0 radical (unpaired) electrons. The molecule has 1 aromatic carbocycles. The predicted molar refractivity (Wildman–Crippen MR) is 64.7 cm³/mol. The predicted octanol–water partition coefficient (Wildman–Crippen LogP) is 3.97. The van der Waals surface area contributed by atoms with Gasteiger partial charge in [0, 0.05) is 16.7 Å². The molecule has 0 unspecified atom stereocenters. The van der Waals surface area contributed by atoms with Crippen molar-refractivity contribution in [3.05, 3.63) is 28.2 Å². The number of halogens is 1. The van der Waals surface area contributed by atoms with Crippen LogP contribution in [0.2, 0.25) is 0 Å². The third-order valence-corrected chi connectivity index (χ3v) is 3.63. The maximum absolute atomic E-state index is 3.50. The van der Waals surface area contributed by atoms with Gasteiger partial charge in [-0.05, 0) is 43.0 Å². The van der Waals surface area contributed by atoms with E-state index in [0.717, 1.165) is 12.5 Å².